The van der Waals surface area contributed by atoms with Crippen LogP contribution in [0, 0.1) is 12.8 Å². The number of benzene rings is 1. The quantitative estimate of drug-likeness (QED) is 0.813. The molecular weight excluding hydrogens is 318 g/mol. The summed E-state index contributed by atoms with van der Waals surface area (Å²) in [7, 11) is 0. The number of likely N-dealkylation sites (tertiary alicyclic amines) is 1. The molecule has 0 saturated carbocycles. The van der Waals surface area contributed by atoms with E-state index in [0.29, 0.717) is 26.1 Å². The summed E-state index contributed by atoms with van der Waals surface area (Å²) in [6.45, 7) is 5.43. The molecule has 2 saturated heterocycles. The van der Waals surface area contributed by atoms with Gasteiger partial charge in [-0.3, -0.25) is 9.59 Å². The van der Waals surface area contributed by atoms with Gasteiger partial charge in [0.1, 0.15) is 6.04 Å². The predicted octanol–water partition coefficient (Wildman–Crippen LogP) is 1.70. The molecule has 3 rings (SSSR count). The molecule has 2 aliphatic heterocycles. The molecule has 2 heterocycles. The number of rotatable bonds is 4. The zero-order valence-electron chi connectivity index (χ0n) is 15.0. The minimum Gasteiger partial charge on any atom is -0.466 e. The lowest BCUT2D eigenvalue weighted by molar-refractivity contribution is -0.151. The van der Waals surface area contributed by atoms with Gasteiger partial charge < -0.3 is 9.64 Å². The Morgan fingerprint density at radius 2 is 2.00 bits per heavy atom. The summed E-state index contributed by atoms with van der Waals surface area (Å²) in [5.41, 5.74) is 8.76. The van der Waals surface area contributed by atoms with Crippen LogP contribution in [0.2, 0.25) is 0 Å². The molecule has 3 unspecified atom stereocenters. The van der Waals surface area contributed by atoms with Gasteiger partial charge in [0.05, 0.1) is 12.5 Å². The van der Waals surface area contributed by atoms with Crippen LogP contribution in [0.25, 0.3) is 0 Å². The normalized spacial score (nSPS) is 26.5. The highest BCUT2D eigenvalue weighted by atomic mass is 16.5. The number of esters is 1. The Balaban J connectivity index is 1.58. The van der Waals surface area contributed by atoms with Crippen molar-refractivity contribution in [3.05, 3.63) is 35.4 Å². The lowest BCUT2D eigenvalue weighted by Gasteiger charge is -2.33. The highest BCUT2D eigenvalue weighted by Gasteiger charge is 2.36. The predicted molar refractivity (Wildman–Crippen MR) is 94.5 cm³/mol. The second-order valence-electron chi connectivity index (χ2n) is 6.92. The summed E-state index contributed by atoms with van der Waals surface area (Å²) in [5.74, 6) is -0.314. The average Bonchev–Trinajstić information content (AvgIpc) is 3.12. The van der Waals surface area contributed by atoms with E-state index in [4.69, 9.17) is 4.74 Å². The fourth-order valence-corrected chi connectivity index (χ4v) is 3.59. The molecule has 0 radical (unpaired) electrons. The maximum Gasteiger partial charge on any atom is 0.310 e. The molecule has 1 aromatic rings. The first-order valence-electron chi connectivity index (χ1n) is 9.11. The van der Waals surface area contributed by atoms with Crippen LogP contribution >= 0.6 is 0 Å². The van der Waals surface area contributed by atoms with Gasteiger partial charge in [0.25, 0.3) is 0 Å². The topological polar surface area (TPSA) is 70.7 Å². The molecule has 0 aliphatic carbocycles. The number of nitrogens with one attached hydrogen (secondary N) is 2. The van der Waals surface area contributed by atoms with Crippen LogP contribution in [0.15, 0.2) is 24.3 Å². The van der Waals surface area contributed by atoms with Crippen molar-refractivity contribution in [2.24, 2.45) is 5.92 Å². The number of nitrogens with zero attached hydrogens (tertiary/aromatic N) is 1. The van der Waals surface area contributed by atoms with E-state index in [1.807, 2.05) is 11.8 Å². The van der Waals surface area contributed by atoms with Crippen LogP contribution in [0.4, 0.5) is 0 Å². The van der Waals surface area contributed by atoms with Crippen molar-refractivity contribution in [3.8, 4) is 0 Å². The van der Waals surface area contributed by atoms with Gasteiger partial charge in [-0.2, -0.15) is 0 Å². The summed E-state index contributed by atoms with van der Waals surface area (Å²) in [5, 5.41) is 0. The molecule has 0 bridgehead atoms. The van der Waals surface area contributed by atoms with Crippen molar-refractivity contribution in [1.29, 1.82) is 0 Å². The number of hydrazine groups is 1. The fraction of sp³-hybridized carbons (Fsp3) is 0.579. The van der Waals surface area contributed by atoms with Crippen LogP contribution in [0.3, 0.4) is 0 Å². The van der Waals surface area contributed by atoms with Crippen molar-refractivity contribution in [1.82, 2.24) is 15.8 Å². The van der Waals surface area contributed by atoms with Crippen LogP contribution in [0.5, 0.6) is 0 Å². The van der Waals surface area contributed by atoms with E-state index in [1.54, 1.807) is 0 Å². The zero-order chi connectivity index (χ0) is 17.8. The van der Waals surface area contributed by atoms with Gasteiger partial charge in [-0.15, -0.1) is 0 Å². The van der Waals surface area contributed by atoms with Crippen LogP contribution < -0.4 is 10.9 Å². The molecule has 0 spiro atoms. The second-order valence-corrected chi connectivity index (χ2v) is 6.92. The number of hydrogen-bond acceptors (Lipinski definition) is 5. The Morgan fingerprint density at radius 3 is 2.72 bits per heavy atom. The highest BCUT2D eigenvalue weighted by molar-refractivity contribution is 5.83. The standard InChI is InChI=1S/C19H27N3O3/c1-3-25-19(24)15-5-4-10-22(12-15)18(23)17-11-16(20-21-17)14-8-6-13(2)7-9-14/h6-9,15-17,20-21H,3-5,10-12H2,1-2H3. The SMILES string of the molecule is CCOC(=O)C1CCCN(C(=O)C2CC(c3ccc(C)cc3)NN2)C1. The van der Waals surface area contributed by atoms with Crippen LogP contribution in [-0.2, 0) is 14.3 Å². The molecule has 2 N–H and O–H groups in total. The summed E-state index contributed by atoms with van der Waals surface area (Å²) in [4.78, 5) is 26.6. The van der Waals surface area contributed by atoms with Crippen molar-refractivity contribution >= 4 is 11.9 Å². The minimum absolute atomic E-state index is 0.0658. The molecule has 3 atom stereocenters. The Hall–Kier alpha value is -1.92. The van der Waals surface area contributed by atoms with E-state index < -0.39 is 0 Å². The minimum atomic E-state index is -0.257. The molecule has 6 nitrogen and oxygen atoms in total. The van der Waals surface area contributed by atoms with Crippen molar-refractivity contribution < 1.29 is 14.3 Å². The Kier molecular flexibility index (Phi) is 5.71. The van der Waals surface area contributed by atoms with Crippen LogP contribution in [0.1, 0.15) is 43.4 Å². The van der Waals surface area contributed by atoms with E-state index in [-0.39, 0.29) is 29.9 Å². The maximum absolute atomic E-state index is 12.8. The first-order valence-corrected chi connectivity index (χ1v) is 9.11. The number of aryl methyl sites for hydroxylation is 1. The molecular formula is C19H27N3O3. The van der Waals surface area contributed by atoms with E-state index in [1.165, 1.54) is 11.1 Å². The Labute approximate surface area is 148 Å². The third-order valence-electron chi connectivity index (χ3n) is 5.03. The molecule has 136 valence electrons. The lowest BCUT2D eigenvalue weighted by Crippen LogP contribution is -2.50. The number of carbonyl (C=O) groups excluding carboxylic acids is 2. The van der Waals surface area contributed by atoms with E-state index in [9.17, 15) is 9.59 Å². The van der Waals surface area contributed by atoms with Gasteiger partial charge in [0, 0.05) is 19.1 Å². The zero-order valence-corrected chi connectivity index (χ0v) is 15.0. The first kappa shape index (κ1) is 17.9. The molecule has 1 amide bonds. The van der Waals surface area contributed by atoms with E-state index >= 15 is 0 Å². The third kappa shape index (κ3) is 4.19. The maximum atomic E-state index is 12.8. The number of amides is 1. The Morgan fingerprint density at radius 1 is 1.24 bits per heavy atom. The number of ether oxygens (including phenoxy) is 1. The summed E-state index contributed by atoms with van der Waals surface area (Å²) in [6, 6.07) is 8.23. The van der Waals surface area contributed by atoms with Gasteiger partial charge in [-0.05, 0) is 38.7 Å². The van der Waals surface area contributed by atoms with Gasteiger partial charge in [0.2, 0.25) is 5.91 Å². The second kappa shape index (κ2) is 7.97. The average molecular weight is 345 g/mol. The van der Waals surface area contributed by atoms with Gasteiger partial charge in [-0.25, -0.2) is 10.9 Å². The summed E-state index contributed by atoms with van der Waals surface area (Å²) in [6.07, 6.45) is 2.35. The van der Waals surface area contributed by atoms with Gasteiger partial charge in [-0.1, -0.05) is 29.8 Å². The number of hydrogen-bond donors (Lipinski definition) is 2. The third-order valence-corrected chi connectivity index (χ3v) is 5.03. The fourth-order valence-electron chi connectivity index (χ4n) is 3.59. The molecule has 0 aromatic heterocycles. The first-order chi connectivity index (χ1) is 12.1. The molecule has 6 heteroatoms. The van der Waals surface area contributed by atoms with E-state index in [0.717, 1.165) is 12.8 Å². The molecule has 25 heavy (non-hydrogen) atoms. The van der Waals surface area contributed by atoms with Crippen molar-refractivity contribution in [3.63, 3.8) is 0 Å². The molecule has 1 aromatic carbocycles. The van der Waals surface area contributed by atoms with E-state index in [2.05, 4.69) is 42.0 Å². The number of piperidine rings is 1. The Bertz CT molecular complexity index is 617. The van der Waals surface area contributed by atoms with Gasteiger partial charge in [0.15, 0.2) is 0 Å². The largest absolute Gasteiger partial charge is 0.466 e. The van der Waals surface area contributed by atoms with Crippen LogP contribution in [-0.4, -0.2) is 42.5 Å². The molecule has 2 aliphatic rings. The highest BCUT2D eigenvalue weighted by Crippen LogP contribution is 2.25. The summed E-state index contributed by atoms with van der Waals surface area (Å²) >= 11 is 0. The van der Waals surface area contributed by atoms with Gasteiger partial charge >= 0.3 is 5.97 Å². The smallest absolute Gasteiger partial charge is 0.310 e. The van der Waals surface area contributed by atoms with Crippen molar-refractivity contribution in [2.45, 2.75) is 45.2 Å². The summed E-state index contributed by atoms with van der Waals surface area (Å²) < 4.78 is 5.11. The number of carbonyl (C=O) groups is 2. The molecule has 2 fully saturated rings. The van der Waals surface area contributed by atoms with Crippen molar-refractivity contribution in [2.75, 3.05) is 19.7 Å². The lowest BCUT2D eigenvalue weighted by atomic mass is 9.96. The monoisotopic (exact) mass is 345 g/mol.